The summed E-state index contributed by atoms with van der Waals surface area (Å²) in [5.41, 5.74) is 2.08. The zero-order valence-electron chi connectivity index (χ0n) is 9.16. The lowest BCUT2D eigenvalue weighted by atomic mass is 10.2. The Morgan fingerprint density at radius 3 is 2.82 bits per heavy atom. The van der Waals surface area contributed by atoms with Gasteiger partial charge in [0.15, 0.2) is 0 Å². The molecule has 0 radical (unpaired) electrons. The molecule has 6 heteroatoms. The number of hydrogen-bond donors (Lipinski definition) is 0. The van der Waals surface area contributed by atoms with Crippen molar-refractivity contribution in [2.75, 3.05) is 22.2 Å². The maximum Gasteiger partial charge on any atom is 0.253 e. The van der Waals surface area contributed by atoms with Crippen LogP contribution in [-0.2, 0) is 0 Å². The minimum absolute atomic E-state index is 0.0274. The lowest BCUT2D eigenvalue weighted by Crippen LogP contribution is -2.18. The third kappa shape index (κ3) is 2.01. The zero-order chi connectivity index (χ0) is 12.2. The van der Waals surface area contributed by atoms with Crippen LogP contribution in [0.25, 0.3) is 0 Å². The molecule has 1 heterocycles. The standard InChI is InChI=1S/C11H11BrF2N2S/c1-15-10-4-8(12)2-3-9(10)16(17-15)6-7-5-11(7,13)14/h2-4,7H,5-6H2,1H3. The van der Waals surface area contributed by atoms with Crippen molar-refractivity contribution in [2.45, 2.75) is 12.3 Å². The number of benzene rings is 1. The molecule has 1 saturated carbocycles. The molecule has 1 unspecified atom stereocenters. The molecule has 2 nitrogen and oxygen atoms in total. The predicted octanol–water partition coefficient (Wildman–Crippen LogP) is 3.92. The molecule has 0 N–H and O–H groups in total. The molecule has 1 atom stereocenters. The van der Waals surface area contributed by atoms with Crippen LogP contribution in [0.2, 0.25) is 0 Å². The highest BCUT2D eigenvalue weighted by Crippen LogP contribution is 2.52. The average Bonchev–Trinajstić information content (AvgIpc) is 2.72. The summed E-state index contributed by atoms with van der Waals surface area (Å²) in [6.07, 6.45) is 0.0274. The molecule has 2 aliphatic rings. The molecule has 3 rings (SSSR count). The molecule has 1 aromatic rings. The van der Waals surface area contributed by atoms with Crippen LogP contribution in [0, 0.1) is 5.92 Å². The molecule has 0 amide bonds. The van der Waals surface area contributed by atoms with Gasteiger partial charge in [0.05, 0.1) is 23.5 Å². The molecular formula is C11H11BrF2N2S. The number of fused-ring (bicyclic) bond motifs is 1. The molecular weight excluding hydrogens is 310 g/mol. The molecule has 0 bridgehead atoms. The Labute approximate surface area is 111 Å². The van der Waals surface area contributed by atoms with Crippen molar-refractivity contribution in [3.8, 4) is 0 Å². The average molecular weight is 321 g/mol. The second kappa shape index (κ2) is 3.75. The fourth-order valence-corrected chi connectivity index (χ4v) is 3.36. The number of hydrogen-bond acceptors (Lipinski definition) is 3. The molecule has 0 aromatic heterocycles. The Kier molecular flexibility index (Phi) is 2.56. The van der Waals surface area contributed by atoms with Crippen molar-refractivity contribution in [1.29, 1.82) is 0 Å². The van der Waals surface area contributed by atoms with E-state index in [1.807, 2.05) is 33.9 Å². The van der Waals surface area contributed by atoms with Gasteiger partial charge in [0, 0.05) is 30.4 Å². The van der Waals surface area contributed by atoms with E-state index < -0.39 is 11.8 Å². The Bertz CT molecular complexity index is 469. The smallest absolute Gasteiger partial charge is 0.253 e. The fourth-order valence-electron chi connectivity index (χ4n) is 2.00. The van der Waals surface area contributed by atoms with E-state index in [1.165, 1.54) is 12.1 Å². The summed E-state index contributed by atoms with van der Waals surface area (Å²) >= 11 is 4.90. The first-order chi connectivity index (χ1) is 7.97. The summed E-state index contributed by atoms with van der Waals surface area (Å²) in [6, 6.07) is 5.92. The van der Waals surface area contributed by atoms with Gasteiger partial charge < -0.3 is 0 Å². The molecule has 0 saturated heterocycles. The summed E-state index contributed by atoms with van der Waals surface area (Å²) in [5, 5.41) is 0. The van der Waals surface area contributed by atoms with E-state index in [-0.39, 0.29) is 6.42 Å². The molecule has 1 fully saturated rings. The zero-order valence-corrected chi connectivity index (χ0v) is 11.6. The number of anilines is 2. The van der Waals surface area contributed by atoms with E-state index in [2.05, 4.69) is 15.9 Å². The van der Waals surface area contributed by atoms with Crippen molar-refractivity contribution in [2.24, 2.45) is 5.92 Å². The van der Waals surface area contributed by atoms with Crippen LogP contribution in [0.15, 0.2) is 22.7 Å². The summed E-state index contributed by atoms with van der Waals surface area (Å²) in [4.78, 5) is 0. The van der Waals surface area contributed by atoms with Crippen LogP contribution in [0.4, 0.5) is 20.2 Å². The van der Waals surface area contributed by atoms with E-state index in [0.717, 1.165) is 15.8 Å². The SMILES string of the molecule is CN1SN(CC2CC2(F)F)c2ccc(Br)cc21. The number of halogens is 3. The summed E-state index contributed by atoms with van der Waals surface area (Å²) < 4.78 is 30.8. The van der Waals surface area contributed by atoms with E-state index in [0.29, 0.717) is 6.54 Å². The lowest BCUT2D eigenvalue weighted by Gasteiger charge is -2.16. The highest BCUT2D eigenvalue weighted by molar-refractivity contribution is 9.10. The Balaban J connectivity index is 1.82. The largest absolute Gasteiger partial charge is 0.299 e. The van der Waals surface area contributed by atoms with E-state index in [4.69, 9.17) is 0 Å². The maximum atomic E-state index is 12.9. The van der Waals surface area contributed by atoms with Gasteiger partial charge in [0.25, 0.3) is 5.92 Å². The highest BCUT2D eigenvalue weighted by atomic mass is 79.9. The first-order valence-corrected chi connectivity index (χ1v) is 6.86. The summed E-state index contributed by atoms with van der Waals surface area (Å²) in [5.74, 6) is -2.94. The van der Waals surface area contributed by atoms with E-state index in [9.17, 15) is 8.78 Å². The van der Waals surface area contributed by atoms with Crippen LogP contribution in [0.1, 0.15) is 6.42 Å². The third-order valence-electron chi connectivity index (χ3n) is 3.11. The lowest BCUT2D eigenvalue weighted by molar-refractivity contribution is 0.101. The van der Waals surface area contributed by atoms with Gasteiger partial charge in [-0.25, -0.2) is 8.78 Å². The van der Waals surface area contributed by atoms with Gasteiger partial charge in [-0.3, -0.25) is 8.61 Å². The normalized spacial score (nSPS) is 25.1. The number of nitrogens with zero attached hydrogens (tertiary/aromatic N) is 2. The molecule has 1 aliphatic carbocycles. The summed E-state index contributed by atoms with van der Waals surface area (Å²) in [7, 11) is 1.95. The molecule has 1 aromatic carbocycles. The molecule has 92 valence electrons. The second-order valence-corrected chi connectivity index (χ2v) is 6.50. The Hall–Kier alpha value is -0.490. The number of rotatable bonds is 2. The first-order valence-electron chi connectivity index (χ1n) is 5.34. The van der Waals surface area contributed by atoms with Gasteiger partial charge >= 0.3 is 0 Å². The van der Waals surface area contributed by atoms with Gasteiger partial charge in [0.2, 0.25) is 0 Å². The highest BCUT2D eigenvalue weighted by Gasteiger charge is 2.57. The van der Waals surface area contributed by atoms with Crippen molar-refractivity contribution < 1.29 is 8.78 Å². The van der Waals surface area contributed by atoms with Crippen LogP contribution in [-0.4, -0.2) is 19.5 Å². The van der Waals surface area contributed by atoms with Gasteiger partial charge in [-0.15, -0.1) is 0 Å². The summed E-state index contributed by atoms with van der Waals surface area (Å²) in [6.45, 7) is 0.413. The van der Waals surface area contributed by atoms with Crippen molar-refractivity contribution in [3.05, 3.63) is 22.7 Å². The molecule has 0 spiro atoms. The van der Waals surface area contributed by atoms with Crippen LogP contribution in [0.5, 0.6) is 0 Å². The van der Waals surface area contributed by atoms with Crippen LogP contribution < -0.4 is 8.61 Å². The minimum Gasteiger partial charge on any atom is -0.299 e. The van der Waals surface area contributed by atoms with Crippen molar-refractivity contribution in [1.82, 2.24) is 0 Å². The second-order valence-electron chi connectivity index (χ2n) is 4.44. The minimum atomic E-state index is -2.45. The topological polar surface area (TPSA) is 6.48 Å². The quantitative estimate of drug-likeness (QED) is 0.762. The van der Waals surface area contributed by atoms with Gasteiger partial charge in [-0.05, 0) is 18.2 Å². The van der Waals surface area contributed by atoms with Crippen molar-refractivity contribution >= 4 is 39.4 Å². The van der Waals surface area contributed by atoms with E-state index in [1.54, 1.807) is 0 Å². The van der Waals surface area contributed by atoms with Gasteiger partial charge in [-0.1, -0.05) is 15.9 Å². The van der Waals surface area contributed by atoms with Gasteiger partial charge in [-0.2, -0.15) is 0 Å². The fraction of sp³-hybridized carbons (Fsp3) is 0.455. The van der Waals surface area contributed by atoms with E-state index >= 15 is 0 Å². The van der Waals surface area contributed by atoms with Crippen molar-refractivity contribution in [3.63, 3.8) is 0 Å². The molecule has 1 aliphatic heterocycles. The van der Waals surface area contributed by atoms with Gasteiger partial charge in [0.1, 0.15) is 0 Å². The third-order valence-corrected chi connectivity index (χ3v) is 4.59. The molecule has 17 heavy (non-hydrogen) atoms. The van der Waals surface area contributed by atoms with Crippen LogP contribution in [0.3, 0.4) is 0 Å². The first kappa shape index (κ1) is 11.6. The Morgan fingerprint density at radius 2 is 2.18 bits per heavy atom. The number of alkyl halides is 2. The maximum absolute atomic E-state index is 12.9. The predicted molar refractivity (Wildman–Crippen MR) is 70.5 cm³/mol. The van der Waals surface area contributed by atoms with Crippen LogP contribution >= 0.6 is 28.1 Å². The monoisotopic (exact) mass is 320 g/mol. The Morgan fingerprint density at radius 1 is 1.47 bits per heavy atom.